The highest BCUT2D eigenvalue weighted by Crippen LogP contribution is 2.20. The number of benzene rings is 1. The summed E-state index contributed by atoms with van der Waals surface area (Å²) < 4.78 is 42.9. The van der Waals surface area contributed by atoms with E-state index < -0.39 is 9.84 Å². The van der Waals surface area contributed by atoms with Crippen LogP contribution in [0.15, 0.2) is 22.7 Å². The van der Waals surface area contributed by atoms with Crippen LogP contribution in [0.1, 0.15) is 18.4 Å². The highest BCUT2D eigenvalue weighted by molar-refractivity contribution is 9.10. The molecule has 1 unspecified atom stereocenters. The highest BCUT2D eigenvalue weighted by atomic mass is 79.9. The Hall–Kier alpha value is -0.990. The first-order valence-corrected chi connectivity index (χ1v) is 10.4. The van der Waals surface area contributed by atoms with Crippen LogP contribution in [-0.2, 0) is 25.8 Å². The maximum Gasteiger partial charge on any atom is 0.223 e. The summed E-state index contributed by atoms with van der Waals surface area (Å²) in [5.74, 6) is -0.425. The predicted molar refractivity (Wildman–Crippen MR) is 93.1 cm³/mol. The lowest BCUT2D eigenvalue weighted by molar-refractivity contribution is -0.133. The van der Waals surface area contributed by atoms with Crippen molar-refractivity contribution in [1.29, 1.82) is 0 Å². The first-order valence-electron chi connectivity index (χ1n) is 7.75. The fraction of sp³-hybridized carbons (Fsp3) is 0.562. The highest BCUT2D eigenvalue weighted by Gasteiger charge is 2.34. The van der Waals surface area contributed by atoms with Gasteiger partial charge < -0.3 is 9.64 Å². The number of nitrogens with zero attached hydrogens (tertiary/aromatic N) is 1. The molecule has 1 aromatic carbocycles. The van der Waals surface area contributed by atoms with Gasteiger partial charge in [-0.15, -0.1) is 0 Å². The molecule has 134 valence electrons. The number of hydrogen-bond donors (Lipinski definition) is 0. The number of rotatable bonds is 7. The molecule has 1 amide bonds. The average molecular weight is 422 g/mol. The Balaban J connectivity index is 2.02. The van der Waals surface area contributed by atoms with Crippen LogP contribution >= 0.6 is 15.9 Å². The van der Waals surface area contributed by atoms with Crippen molar-refractivity contribution in [2.75, 3.05) is 31.8 Å². The number of sulfone groups is 1. The second-order valence-corrected chi connectivity index (χ2v) is 9.02. The van der Waals surface area contributed by atoms with Gasteiger partial charge in [-0.1, -0.05) is 22.0 Å². The van der Waals surface area contributed by atoms with Gasteiger partial charge >= 0.3 is 0 Å². The quantitative estimate of drug-likeness (QED) is 0.676. The van der Waals surface area contributed by atoms with E-state index >= 15 is 0 Å². The Bertz CT molecular complexity index is 695. The molecular formula is C16H21BrFNO4S. The zero-order valence-electron chi connectivity index (χ0n) is 13.5. The summed E-state index contributed by atoms with van der Waals surface area (Å²) in [4.78, 5) is 14.1. The fourth-order valence-electron chi connectivity index (χ4n) is 2.83. The van der Waals surface area contributed by atoms with E-state index in [1.807, 2.05) is 0 Å². The molecule has 0 spiro atoms. The molecule has 0 N–H and O–H groups in total. The van der Waals surface area contributed by atoms with E-state index in [0.717, 1.165) is 0 Å². The Kier molecular flexibility index (Phi) is 6.77. The molecule has 1 heterocycles. The van der Waals surface area contributed by atoms with Gasteiger partial charge in [-0.3, -0.25) is 4.79 Å². The number of carbonyl (C=O) groups excluding carboxylic acids is 1. The number of carbonyl (C=O) groups is 1. The lowest BCUT2D eigenvalue weighted by Crippen LogP contribution is -2.43. The monoisotopic (exact) mass is 421 g/mol. The normalized spacial score (nSPS) is 19.4. The van der Waals surface area contributed by atoms with E-state index in [-0.39, 0.29) is 42.1 Å². The van der Waals surface area contributed by atoms with Crippen LogP contribution in [-0.4, -0.2) is 57.0 Å². The topological polar surface area (TPSA) is 63.7 Å². The van der Waals surface area contributed by atoms with Crippen LogP contribution in [0, 0.1) is 5.82 Å². The van der Waals surface area contributed by atoms with Gasteiger partial charge in [0.2, 0.25) is 5.91 Å². The molecule has 0 aliphatic carbocycles. The molecule has 1 aliphatic rings. The summed E-state index contributed by atoms with van der Waals surface area (Å²) in [5.41, 5.74) is 0.470. The van der Waals surface area contributed by atoms with Crippen molar-refractivity contribution in [3.05, 3.63) is 34.1 Å². The smallest absolute Gasteiger partial charge is 0.223 e. The number of methoxy groups -OCH3 is 1. The Morgan fingerprint density at radius 2 is 2.21 bits per heavy atom. The van der Waals surface area contributed by atoms with Crippen molar-refractivity contribution in [2.24, 2.45) is 0 Å². The van der Waals surface area contributed by atoms with Crippen molar-refractivity contribution in [2.45, 2.75) is 25.3 Å². The van der Waals surface area contributed by atoms with Gasteiger partial charge in [0.15, 0.2) is 9.84 Å². The third kappa shape index (κ3) is 5.26. The van der Waals surface area contributed by atoms with Crippen LogP contribution in [0.3, 0.4) is 0 Å². The SMILES string of the molecule is COCCN(C(=O)CCc1ccc(Br)cc1F)C1CCS(=O)(=O)C1. The first kappa shape index (κ1) is 19.3. The molecule has 0 bridgehead atoms. The number of hydrogen-bond acceptors (Lipinski definition) is 4. The standard InChI is InChI=1S/C16H21BrFNO4S/c1-23-8-7-19(14-6-9-24(21,22)11-14)16(20)5-3-12-2-4-13(17)10-15(12)18/h2,4,10,14H,3,5-9,11H2,1H3. The second-order valence-electron chi connectivity index (χ2n) is 5.87. The van der Waals surface area contributed by atoms with Crippen molar-refractivity contribution < 1.29 is 22.3 Å². The minimum absolute atomic E-state index is 0.00486. The summed E-state index contributed by atoms with van der Waals surface area (Å²) in [6.45, 7) is 0.688. The molecule has 0 radical (unpaired) electrons. The van der Waals surface area contributed by atoms with Crippen LogP contribution in [0.5, 0.6) is 0 Å². The van der Waals surface area contributed by atoms with E-state index in [0.29, 0.717) is 29.6 Å². The van der Waals surface area contributed by atoms with Crippen molar-refractivity contribution in [1.82, 2.24) is 4.90 Å². The zero-order chi connectivity index (χ0) is 17.7. The maximum absolute atomic E-state index is 13.9. The third-order valence-electron chi connectivity index (χ3n) is 4.13. The Morgan fingerprint density at radius 1 is 1.46 bits per heavy atom. The predicted octanol–water partition coefficient (Wildman–Crippen LogP) is 2.18. The fourth-order valence-corrected chi connectivity index (χ4v) is 4.90. The van der Waals surface area contributed by atoms with Crippen LogP contribution in [0.4, 0.5) is 4.39 Å². The summed E-state index contributed by atoms with van der Waals surface area (Å²) in [7, 11) is -1.54. The minimum Gasteiger partial charge on any atom is -0.383 e. The molecule has 2 rings (SSSR count). The summed E-state index contributed by atoms with van der Waals surface area (Å²) in [5, 5.41) is 0. The molecule has 1 saturated heterocycles. The number of amides is 1. The van der Waals surface area contributed by atoms with E-state index in [1.165, 1.54) is 13.2 Å². The molecule has 24 heavy (non-hydrogen) atoms. The van der Waals surface area contributed by atoms with Crippen molar-refractivity contribution in [3.8, 4) is 0 Å². The molecule has 1 fully saturated rings. The second kappa shape index (κ2) is 8.40. The molecular weight excluding hydrogens is 401 g/mol. The Labute approximate surface area is 150 Å². The van der Waals surface area contributed by atoms with Crippen LogP contribution < -0.4 is 0 Å². The third-order valence-corrected chi connectivity index (χ3v) is 6.37. The van der Waals surface area contributed by atoms with Crippen LogP contribution in [0.25, 0.3) is 0 Å². The van der Waals surface area contributed by atoms with E-state index in [9.17, 15) is 17.6 Å². The van der Waals surface area contributed by atoms with Crippen LogP contribution in [0.2, 0.25) is 0 Å². The number of ether oxygens (including phenoxy) is 1. The lowest BCUT2D eigenvalue weighted by atomic mass is 10.1. The van der Waals surface area contributed by atoms with Gasteiger partial charge in [-0.2, -0.15) is 0 Å². The zero-order valence-corrected chi connectivity index (χ0v) is 15.9. The van der Waals surface area contributed by atoms with E-state index in [2.05, 4.69) is 15.9 Å². The molecule has 5 nitrogen and oxygen atoms in total. The first-order chi connectivity index (χ1) is 11.3. The largest absolute Gasteiger partial charge is 0.383 e. The Morgan fingerprint density at radius 3 is 2.79 bits per heavy atom. The number of aryl methyl sites for hydroxylation is 1. The summed E-state index contributed by atoms with van der Waals surface area (Å²) in [6, 6.07) is 4.43. The molecule has 1 aliphatic heterocycles. The van der Waals surface area contributed by atoms with Crippen molar-refractivity contribution in [3.63, 3.8) is 0 Å². The van der Waals surface area contributed by atoms with Gasteiger partial charge in [0.25, 0.3) is 0 Å². The van der Waals surface area contributed by atoms with Gasteiger partial charge in [-0.05, 0) is 30.5 Å². The van der Waals surface area contributed by atoms with Crippen molar-refractivity contribution >= 4 is 31.7 Å². The maximum atomic E-state index is 13.9. The minimum atomic E-state index is -3.08. The molecule has 0 saturated carbocycles. The van der Waals surface area contributed by atoms with Gasteiger partial charge in [0.05, 0.1) is 18.1 Å². The van der Waals surface area contributed by atoms with Gasteiger partial charge in [0, 0.05) is 30.6 Å². The van der Waals surface area contributed by atoms with Gasteiger partial charge in [-0.25, -0.2) is 12.8 Å². The van der Waals surface area contributed by atoms with E-state index in [1.54, 1.807) is 17.0 Å². The summed E-state index contributed by atoms with van der Waals surface area (Å²) in [6.07, 6.45) is 0.865. The molecule has 8 heteroatoms. The lowest BCUT2D eigenvalue weighted by Gasteiger charge is -2.28. The average Bonchev–Trinajstić information content (AvgIpc) is 2.86. The molecule has 1 aromatic rings. The van der Waals surface area contributed by atoms with E-state index in [4.69, 9.17) is 4.74 Å². The summed E-state index contributed by atoms with van der Waals surface area (Å²) >= 11 is 3.20. The number of halogens is 2. The molecule has 0 aromatic heterocycles. The molecule has 1 atom stereocenters. The van der Waals surface area contributed by atoms with Gasteiger partial charge in [0.1, 0.15) is 5.82 Å².